The molecule has 1 unspecified atom stereocenters. The highest BCUT2D eigenvalue weighted by molar-refractivity contribution is 5.37. The Morgan fingerprint density at radius 1 is 1.17 bits per heavy atom. The van der Waals surface area contributed by atoms with E-state index in [-0.39, 0.29) is 17.5 Å². The van der Waals surface area contributed by atoms with E-state index in [1.165, 1.54) is 32.0 Å². The average molecular weight is 250 g/mol. The van der Waals surface area contributed by atoms with E-state index in [0.29, 0.717) is 0 Å². The van der Waals surface area contributed by atoms with Crippen LogP contribution in [0.4, 0.5) is 0 Å². The molecule has 1 aromatic rings. The molecule has 1 aromatic carbocycles. The van der Waals surface area contributed by atoms with Gasteiger partial charge in [-0.3, -0.25) is 0 Å². The predicted molar refractivity (Wildman–Crippen MR) is 71.9 cm³/mol. The lowest BCUT2D eigenvalue weighted by molar-refractivity contribution is 0.329. The first-order valence-corrected chi connectivity index (χ1v) is 6.64. The summed E-state index contributed by atoms with van der Waals surface area (Å²) in [5.41, 5.74) is 0.911. The van der Waals surface area contributed by atoms with Crippen LogP contribution in [0.25, 0.3) is 0 Å². The van der Waals surface area contributed by atoms with Gasteiger partial charge in [-0.05, 0) is 50.6 Å². The summed E-state index contributed by atoms with van der Waals surface area (Å²) in [7, 11) is 0. The maximum absolute atomic E-state index is 9.44. The largest absolute Gasteiger partial charge is 0.508 e. The Labute approximate surface area is 108 Å². The summed E-state index contributed by atoms with van der Waals surface area (Å²) in [5, 5.41) is 22.3. The van der Waals surface area contributed by atoms with Crippen molar-refractivity contribution in [3.05, 3.63) is 23.8 Å². The molecule has 3 N–H and O–H groups in total. The molecule has 2 rings (SSSR count). The SMILES string of the molecule is CC(NCCN1CCCC1)c1cc(O)cc(O)c1. The molecule has 1 atom stereocenters. The first-order chi connectivity index (χ1) is 8.65. The van der Waals surface area contributed by atoms with Crippen LogP contribution in [-0.4, -0.2) is 41.3 Å². The number of hydrogen-bond acceptors (Lipinski definition) is 4. The third kappa shape index (κ3) is 3.62. The zero-order valence-corrected chi connectivity index (χ0v) is 10.9. The summed E-state index contributed by atoms with van der Waals surface area (Å²) in [6.07, 6.45) is 2.63. The van der Waals surface area contributed by atoms with Crippen LogP contribution >= 0.6 is 0 Å². The molecule has 1 aliphatic rings. The second-order valence-electron chi connectivity index (χ2n) is 5.01. The third-order valence-electron chi connectivity index (χ3n) is 3.50. The van der Waals surface area contributed by atoms with Gasteiger partial charge in [0.2, 0.25) is 0 Å². The molecule has 0 bridgehead atoms. The molecular weight excluding hydrogens is 228 g/mol. The molecular formula is C14H22N2O2. The highest BCUT2D eigenvalue weighted by Crippen LogP contribution is 2.24. The van der Waals surface area contributed by atoms with Crippen LogP contribution in [0.15, 0.2) is 18.2 Å². The molecule has 1 heterocycles. The quantitative estimate of drug-likeness (QED) is 0.746. The van der Waals surface area contributed by atoms with Crippen molar-refractivity contribution in [3.63, 3.8) is 0 Å². The highest BCUT2D eigenvalue weighted by atomic mass is 16.3. The van der Waals surface area contributed by atoms with E-state index in [2.05, 4.69) is 10.2 Å². The maximum atomic E-state index is 9.44. The van der Waals surface area contributed by atoms with Gasteiger partial charge in [-0.1, -0.05) is 0 Å². The summed E-state index contributed by atoms with van der Waals surface area (Å²) in [6, 6.07) is 4.85. The van der Waals surface area contributed by atoms with Crippen molar-refractivity contribution in [2.75, 3.05) is 26.2 Å². The lowest BCUT2D eigenvalue weighted by Gasteiger charge is -2.18. The Bertz CT molecular complexity index is 369. The van der Waals surface area contributed by atoms with Crippen LogP contribution in [0.2, 0.25) is 0 Å². The van der Waals surface area contributed by atoms with Crippen LogP contribution in [0.5, 0.6) is 11.5 Å². The van der Waals surface area contributed by atoms with E-state index in [4.69, 9.17) is 0 Å². The third-order valence-corrected chi connectivity index (χ3v) is 3.50. The first kappa shape index (κ1) is 13.2. The molecule has 0 spiro atoms. The predicted octanol–water partition coefficient (Wildman–Crippen LogP) is 1.84. The highest BCUT2D eigenvalue weighted by Gasteiger charge is 2.12. The Balaban J connectivity index is 1.81. The van der Waals surface area contributed by atoms with Crippen molar-refractivity contribution in [1.29, 1.82) is 0 Å². The fraction of sp³-hybridized carbons (Fsp3) is 0.571. The second-order valence-corrected chi connectivity index (χ2v) is 5.01. The molecule has 1 aliphatic heterocycles. The van der Waals surface area contributed by atoms with Gasteiger partial charge in [-0.15, -0.1) is 0 Å². The Morgan fingerprint density at radius 2 is 1.78 bits per heavy atom. The molecule has 18 heavy (non-hydrogen) atoms. The molecule has 0 amide bonds. The Hall–Kier alpha value is -1.26. The fourth-order valence-corrected chi connectivity index (χ4v) is 2.43. The van der Waals surface area contributed by atoms with Gasteiger partial charge in [0, 0.05) is 25.2 Å². The van der Waals surface area contributed by atoms with Gasteiger partial charge in [0.15, 0.2) is 0 Å². The van der Waals surface area contributed by atoms with Gasteiger partial charge in [0.1, 0.15) is 11.5 Å². The molecule has 1 saturated heterocycles. The van der Waals surface area contributed by atoms with Gasteiger partial charge in [0.25, 0.3) is 0 Å². The van der Waals surface area contributed by atoms with Crippen molar-refractivity contribution < 1.29 is 10.2 Å². The van der Waals surface area contributed by atoms with E-state index >= 15 is 0 Å². The van der Waals surface area contributed by atoms with Gasteiger partial charge in [-0.2, -0.15) is 0 Å². The standard InChI is InChI=1S/C14H22N2O2/c1-11(12-8-13(17)10-14(18)9-12)15-4-7-16-5-2-3-6-16/h8-11,15,17-18H,2-7H2,1H3. The minimum absolute atomic E-state index is 0.109. The lowest BCUT2D eigenvalue weighted by atomic mass is 10.1. The van der Waals surface area contributed by atoms with E-state index in [1.54, 1.807) is 12.1 Å². The van der Waals surface area contributed by atoms with Crippen LogP contribution in [0.3, 0.4) is 0 Å². The number of benzene rings is 1. The van der Waals surface area contributed by atoms with Crippen molar-refractivity contribution >= 4 is 0 Å². The summed E-state index contributed by atoms with van der Waals surface area (Å²) in [4.78, 5) is 2.46. The molecule has 0 radical (unpaired) electrons. The summed E-state index contributed by atoms with van der Waals surface area (Å²) in [5.74, 6) is 0.219. The molecule has 0 aromatic heterocycles. The van der Waals surface area contributed by atoms with Crippen molar-refractivity contribution in [1.82, 2.24) is 10.2 Å². The lowest BCUT2D eigenvalue weighted by Crippen LogP contribution is -2.31. The number of nitrogens with zero attached hydrogens (tertiary/aromatic N) is 1. The van der Waals surface area contributed by atoms with Crippen LogP contribution < -0.4 is 5.32 Å². The van der Waals surface area contributed by atoms with Crippen LogP contribution in [-0.2, 0) is 0 Å². The number of nitrogens with one attached hydrogen (secondary N) is 1. The minimum Gasteiger partial charge on any atom is -0.508 e. The van der Waals surface area contributed by atoms with Crippen LogP contribution in [0, 0.1) is 0 Å². The number of phenolic OH excluding ortho intramolecular Hbond substituents is 2. The number of phenols is 2. The second kappa shape index (κ2) is 6.07. The Morgan fingerprint density at radius 3 is 2.39 bits per heavy atom. The first-order valence-electron chi connectivity index (χ1n) is 6.64. The van der Waals surface area contributed by atoms with E-state index in [9.17, 15) is 10.2 Å². The number of aromatic hydroxyl groups is 2. The number of hydrogen-bond donors (Lipinski definition) is 3. The zero-order valence-electron chi connectivity index (χ0n) is 10.9. The number of rotatable bonds is 5. The number of likely N-dealkylation sites (tertiary alicyclic amines) is 1. The molecule has 0 saturated carbocycles. The van der Waals surface area contributed by atoms with E-state index in [1.807, 2.05) is 6.92 Å². The molecule has 4 heteroatoms. The smallest absolute Gasteiger partial charge is 0.119 e. The van der Waals surface area contributed by atoms with Gasteiger partial charge in [0.05, 0.1) is 0 Å². The van der Waals surface area contributed by atoms with Crippen molar-refractivity contribution in [2.24, 2.45) is 0 Å². The average Bonchev–Trinajstić information content (AvgIpc) is 2.80. The Kier molecular flexibility index (Phi) is 4.44. The van der Waals surface area contributed by atoms with Crippen molar-refractivity contribution in [2.45, 2.75) is 25.8 Å². The molecule has 100 valence electrons. The molecule has 0 aliphatic carbocycles. The summed E-state index contributed by atoms with van der Waals surface area (Å²) in [6.45, 7) is 6.46. The molecule has 1 fully saturated rings. The van der Waals surface area contributed by atoms with E-state index < -0.39 is 0 Å². The monoisotopic (exact) mass is 250 g/mol. The minimum atomic E-state index is 0.109. The fourth-order valence-electron chi connectivity index (χ4n) is 2.43. The molecule has 4 nitrogen and oxygen atoms in total. The zero-order chi connectivity index (χ0) is 13.0. The van der Waals surface area contributed by atoms with Crippen LogP contribution in [0.1, 0.15) is 31.4 Å². The normalized spacial score (nSPS) is 18.1. The maximum Gasteiger partial charge on any atom is 0.119 e. The van der Waals surface area contributed by atoms with Gasteiger partial charge >= 0.3 is 0 Å². The van der Waals surface area contributed by atoms with Crippen molar-refractivity contribution in [3.8, 4) is 11.5 Å². The van der Waals surface area contributed by atoms with E-state index in [0.717, 1.165) is 18.7 Å². The summed E-state index contributed by atoms with van der Waals surface area (Å²) >= 11 is 0. The summed E-state index contributed by atoms with van der Waals surface area (Å²) < 4.78 is 0. The van der Waals surface area contributed by atoms with Gasteiger partial charge < -0.3 is 20.4 Å². The topological polar surface area (TPSA) is 55.7 Å². The van der Waals surface area contributed by atoms with Gasteiger partial charge in [-0.25, -0.2) is 0 Å².